The van der Waals surface area contributed by atoms with Crippen LogP contribution < -0.4 is 5.32 Å². The molecule has 5 N–H and O–H groups in total. The lowest BCUT2D eigenvalue weighted by molar-refractivity contribution is -0.0973. The average molecular weight is 570 g/mol. The number of fused-ring (bicyclic) bond motifs is 1. The lowest BCUT2D eigenvalue weighted by Crippen LogP contribution is -2.61. The van der Waals surface area contributed by atoms with Crippen molar-refractivity contribution in [1.82, 2.24) is 19.5 Å². The van der Waals surface area contributed by atoms with Crippen LogP contribution in [0.15, 0.2) is 6.33 Å². The first-order chi connectivity index (χ1) is 17.8. The summed E-state index contributed by atoms with van der Waals surface area (Å²) in [6.45, 7) is 4.83. The minimum Gasteiger partial charge on any atom is -0.388 e. The number of hydrogen-bond acceptors (Lipinski definition) is 8. The van der Waals surface area contributed by atoms with E-state index in [-0.39, 0.29) is 17.0 Å². The van der Waals surface area contributed by atoms with E-state index >= 15 is 0 Å². The number of ether oxygens (including phenoxy) is 1. The number of aromatic nitrogens is 4. The third kappa shape index (κ3) is 4.89. The van der Waals surface area contributed by atoms with Crippen LogP contribution in [0.1, 0.15) is 77.9 Å². The fraction of sp³-hybridized carbons (Fsp3) is 0.800. The summed E-state index contributed by atoms with van der Waals surface area (Å²) >= 11 is 6.40. The molecule has 0 spiro atoms. The highest BCUT2D eigenvalue weighted by Crippen LogP contribution is 2.67. The van der Waals surface area contributed by atoms with Gasteiger partial charge >= 0.3 is 7.60 Å². The highest BCUT2D eigenvalue weighted by Gasteiger charge is 2.60. The van der Waals surface area contributed by atoms with Crippen molar-refractivity contribution in [3.8, 4) is 0 Å². The number of nitrogens with zero attached hydrogens (tertiary/aromatic N) is 4. The zero-order valence-electron chi connectivity index (χ0n) is 21.8. The van der Waals surface area contributed by atoms with E-state index < -0.39 is 32.1 Å². The maximum absolute atomic E-state index is 11.1. The van der Waals surface area contributed by atoms with Gasteiger partial charge in [0.1, 0.15) is 12.2 Å². The van der Waals surface area contributed by atoms with Crippen molar-refractivity contribution in [1.29, 1.82) is 0 Å². The monoisotopic (exact) mass is 569 g/mol. The molecule has 1 unspecified atom stereocenters. The van der Waals surface area contributed by atoms with Gasteiger partial charge in [0.25, 0.3) is 0 Å². The molecule has 13 heteroatoms. The van der Waals surface area contributed by atoms with Crippen LogP contribution in [0.25, 0.3) is 11.2 Å². The van der Waals surface area contributed by atoms with Crippen molar-refractivity contribution in [3.63, 3.8) is 0 Å². The molecular weight excluding hydrogens is 533 g/mol. The average Bonchev–Trinajstić information content (AvgIpc) is 3.29. The lowest BCUT2D eigenvalue weighted by Gasteiger charge is -2.65. The summed E-state index contributed by atoms with van der Waals surface area (Å²) in [4.78, 5) is 31.6. The number of hydrogen-bond donors (Lipinski definition) is 5. The number of nitrogens with one attached hydrogen (secondary N) is 1. The molecule has 4 aliphatic carbocycles. The van der Waals surface area contributed by atoms with Gasteiger partial charge in [-0.2, -0.15) is 9.97 Å². The maximum Gasteiger partial charge on any atom is 0.325 e. The zero-order chi connectivity index (χ0) is 27.1. The topological polar surface area (TPSA) is 163 Å². The van der Waals surface area contributed by atoms with Gasteiger partial charge in [-0.05, 0) is 79.7 Å². The molecule has 38 heavy (non-hydrogen) atoms. The Morgan fingerprint density at radius 2 is 1.82 bits per heavy atom. The quantitative estimate of drug-likeness (QED) is 0.180. The van der Waals surface area contributed by atoms with Crippen LogP contribution in [0.4, 0.5) is 5.82 Å². The van der Waals surface area contributed by atoms with Gasteiger partial charge in [-0.15, -0.1) is 0 Å². The Labute approximate surface area is 226 Å². The van der Waals surface area contributed by atoms with Gasteiger partial charge in [0.05, 0.1) is 12.4 Å². The minimum atomic E-state index is -4.07. The summed E-state index contributed by atoms with van der Waals surface area (Å²) in [5.41, 5.74) is 1.50. The second-order valence-electron chi connectivity index (χ2n) is 13.1. The van der Waals surface area contributed by atoms with Crippen LogP contribution in [0.2, 0.25) is 5.28 Å². The molecule has 8 atom stereocenters. The van der Waals surface area contributed by atoms with Crippen molar-refractivity contribution in [3.05, 3.63) is 11.6 Å². The van der Waals surface area contributed by atoms with E-state index in [4.69, 9.17) is 26.1 Å². The molecule has 0 radical (unpaired) electrons. The summed E-state index contributed by atoms with van der Waals surface area (Å²) in [6.07, 6.45) is 5.47. The van der Waals surface area contributed by atoms with Crippen molar-refractivity contribution in [2.45, 2.75) is 102 Å². The van der Waals surface area contributed by atoms with Crippen LogP contribution in [0.3, 0.4) is 0 Å². The third-order valence-corrected chi connectivity index (χ3v) is 10.3. The second-order valence-corrected chi connectivity index (χ2v) is 15.2. The standard InChI is InChI=1S/C25H37ClN5O6P/c1-23-7-14-8-24(2,10-23)12-25(9-14,11-23)30-19-16-20(29-22(26)28-19)31(13-27-16)21-18(33)17(32)15(37-21)5-3-4-6-38(34,35)36/h13-15,17-18,21,32-33H,3-12H2,1-2H3,(H,28,29,30)(H2,34,35,36)/t14-,15-,17?,18+,21-,23+,24-,25-/m1/s1. The lowest BCUT2D eigenvalue weighted by atomic mass is 9.43. The van der Waals surface area contributed by atoms with Crippen molar-refractivity contribution in [2.75, 3.05) is 11.5 Å². The number of aliphatic hydroxyl groups excluding tert-OH is 2. The van der Waals surface area contributed by atoms with Gasteiger partial charge in [0.15, 0.2) is 23.2 Å². The predicted molar refractivity (Wildman–Crippen MR) is 141 cm³/mol. The van der Waals surface area contributed by atoms with Crippen LogP contribution >= 0.6 is 19.2 Å². The summed E-state index contributed by atoms with van der Waals surface area (Å²) in [5.74, 6) is 1.27. The Balaban J connectivity index is 1.24. The van der Waals surface area contributed by atoms with Gasteiger partial charge in [-0.25, -0.2) is 4.98 Å². The minimum absolute atomic E-state index is 0.0610. The van der Waals surface area contributed by atoms with Crippen LogP contribution in [-0.2, 0) is 9.30 Å². The van der Waals surface area contributed by atoms with E-state index in [1.54, 1.807) is 4.57 Å². The summed E-state index contributed by atoms with van der Waals surface area (Å²) < 4.78 is 18.7. The molecule has 2 aromatic heterocycles. The highest BCUT2D eigenvalue weighted by atomic mass is 35.5. The van der Waals surface area contributed by atoms with E-state index in [1.165, 1.54) is 25.6 Å². The van der Waals surface area contributed by atoms with Crippen LogP contribution in [0, 0.1) is 16.7 Å². The first-order valence-electron chi connectivity index (χ1n) is 13.5. The number of halogens is 1. The Kier molecular flexibility index (Phi) is 6.43. The van der Waals surface area contributed by atoms with Crippen molar-refractivity contribution < 1.29 is 29.3 Å². The van der Waals surface area contributed by atoms with E-state index in [2.05, 4.69) is 34.1 Å². The fourth-order valence-corrected chi connectivity index (χ4v) is 9.66. The number of aliphatic hydroxyl groups is 2. The molecule has 5 fully saturated rings. The summed E-state index contributed by atoms with van der Waals surface area (Å²) in [5, 5.41) is 25.3. The maximum atomic E-state index is 11.1. The molecule has 0 amide bonds. The van der Waals surface area contributed by atoms with Crippen LogP contribution in [0.5, 0.6) is 0 Å². The zero-order valence-corrected chi connectivity index (χ0v) is 23.4. The number of unbranched alkanes of at least 4 members (excludes halogenated alkanes) is 1. The largest absolute Gasteiger partial charge is 0.388 e. The van der Waals surface area contributed by atoms with Gasteiger partial charge < -0.3 is 30.1 Å². The predicted octanol–water partition coefficient (Wildman–Crippen LogP) is 3.61. The van der Waals surface area contributed by atoms with Crippen molar-refractivity contribution >= 4 is 36.2 Å². The van der Waals surface area contributed by atoms with Gasteiger partial charge in [0.2, 0.25) is 5.28 Å². The van der Waals surface area contributed by atoms with E-state index in [0.29, 0.717) is 53.0 Å². The van der Waals surface area contributed by atoms with E-state index in [1.807, 2.05) is 0 Å². The molecule has 5 aliphatic rings. The highest BCUT2D eigenvalue weighted by molar-refractivity contribution is 7.51. The number of anilines is 1. The Bertz CT molecular complexity index is 1270. The Morgan fingerprint density at radius 1 is 1.11 bits per heavy atom. The van der Waals surface area contributed by atoms with Gasteiger partial charge in [-0.1, -0.05) is 20.3 Å². The first-order valence-corrected chi connectivity index (χ1v) is 15.7. The molecular formula is C25H37ClN5O6P. The first kappa shape index (κ1) is 26.9. The molecule has 1 aliphatic heterocycles. The molecule has 210 valence electrons. The summed E-state index contributed by atoms with van der Waals surface area (Å²) in [6, 6.07) is 0. The summed E-state index contributed by atoms with van der Waals surface area (Å²) in [7, 11) is -4.07. The fourth-order valence-electron chi connectivity index (χ4n) is 8.86. The molecule has 1 saturated heterocycles. The SMILES string of the molecule is C[C@]12C[C@@H]3C[C@](C)(C1)C[C@@](Nc1nc(Cl)nc4c1ncn4[C@@H]1O[C@H](CCCCP(=O)(O)O)C(O)[C@@H]1O)(C3)C2. The normalized spacial score (nSPS) is 40.3. The Morgan fingerprint density at radius 3 is 2.47 bits per heavy atom. The van der Waals surface area contributed by atoms with Crippen LogP contribution in [-0.4, -0.2) is 69.5 Å². The van der Waals surface area contributed by atoms with E-state index in [0.717, 1.165) is 19.3 Å². The molecule has 3 heterocycles. The smallest absolute Gasteiger partial charge is 0.325 e. The van der Waals surface area contributed by atoms with Gasteiger partial charge in [-0.3, -0.25) is 9.13 Å². The molecule has 11 nitrogen and oxygen atoms in total. The second kappa shape index (κ2) is 9.09. The number of rotatable bonds is 8. The molecule has 4 bridgehead atoms. The molecule has 4 saturated carbocycles. The molecule has 7 rings (SSSR count). The third-order valence-electron chi connectivity index (χ3n) is 9.20. The van der Waals surface area contributed by atoms with Crippen molar-refractivity contribution in [2.24, 2.45) is 16.7 Å². The van der Waals surface area contributed by atoms with E-state index in [9.17, 15) is 14.8 Å². The molecule has 0 aromatic carbocycles. The number of imidazole rings is 1. The molecule has 2 aromatic rings. The Hall–Kier alpha value is -1.33. The van der Waals surface area contributed by atoms with Gasteiger partial charge in [0, 0.05) is 11.7 Å².